The summed E-state index contributed by atoms with van der Waals surface area (Å²) in [7, 11) is 0. The van der Waals surface area contributed by atoms with Crippen LogP contribution in [0.1, 0.15) is 0 Å². The second-order valence-corrected chi connectivity index (χ2v) is 8.10. The molecule has 0 aliphatic rings. The summed E-state index contributed by atoms with van der Waals surface area (Å²) in [5.41, 5.74) is 14.7. The number of carbonyl (C=O) groups is 1. The number of thiophene rings is 1. The van der Waals surface area contributed by atoms with Gasteiger partial charge in [-0.15, -0.1) is 11.3 Å². The summed E-state index contributed by atoms with van der Waals surface area (Å²) < 4.78 is 4.13. The standard InChI is InChI=1S/C21H17BrN4OS/c22-14-5-3-4-13(10-14)17-8-9-18(26(17)11-20(27)25-21(23)24)16-12-28-19-7-2-1-6-15(16)19/h1-10,12H,11H2,(H4,23,24,25,27). The molecule has 0 unspecified atom stereocenters. The number of hydrogen-bond acceptors (Lipinski definition) is 2. The lowest BCUT2D eigenvalue weighted by molar-refractivity contribution is -0.118. The van der Waals surface area contributed by atoms with E-state index >= 15 is 0 Å². The smallest absolute Gasteiger partial charge is 0.268 e. The number of hydrogen-bond donors (Lipinski definition) is 2. The van der Waals surface area contributed by atoms with Crippen molar-refractivity contribution in [2.75, 3.05) is 0 Å². The number of halogens is 1. The lowest BCUT2D eigenvalue weighted by Gasteiger charge is -2.12. The Labute approximate surface area is 174 Å². The van der Waals surface area contributed by atoms with Gasteiger partial charge in [-0.25, -0.2) is 0 Å². The normalized spacial score (nSPS) is 10.9. The molecule has 0 saturated heterocycles. The van der Waals surface area contributed by atoms with E-state index in [1.165, 1.54) is 4.70 Å². The van der Waals surface area contributed by atoms with E-state index in [-0.39, 0.29) is 12.5 Å². The van der Waals surface area contributed by atoms with Crippen LogP contribution >= 0.6 is 27.3 Å². The molecule has 2 aromatic carbocycles. The number of aliphatic imine (C=N–C) groups is 1. The van der Waals surface area contributed by atoms with Crippen LogP contribution in [0.15, 0.2) is 75.5 Å². The Morgan fingerprint density at radius 3 is 2.61 bits per heavy atom. The average Bonchev–Trinajstić information content (AvgIpc) is 3.25. The fourth-order valence-corrected chi connectivity index (χ4v) is 4.62. The molecule has 4 rings (SSSR count). The molecule has 2 aromatic heterocycles. The van der Waals surface area contributed by atoms with Crippen LogP contribution in [0, 0.1) is 0 Å². The summed E-state index contributed by atoms with van der Waals surface area (Å²) in [4.78, 5) is 16.1. The van der Waals surface area contributed by atoms with Gasteiger partial charge in [0.05, 0.1) is 5.69 Å². The van der Waals surface area contributed by atoms with Gasteiger partial charge in [0.1, 0.15) is 6.54 Å². The van der Waals surface area contributed by atoms with E-state index in [4.69, 9.17) is 11.5 Å². The van der Waals surface area contributed by atoms with Crippen molar-refractivity contribution in [1.29, 1.82) is 0 Å². The Bertz CT molecular complexity index is 1200. The largest absolute Gasteiger partial charge is 0.370 e. The maximum Gasteiger partial charge on any atom is 0.268 e. The fourth-order valence-electron chi connectivity index (χ4n) is 3.26. The highest BCUT2D eigenvalue weighted by Gasteiger charge is 2.17. The number of benzene rings is 2. The number of nitrogens with two attached hydrogens (primary N) is 2. The molecule has 0 fully saturated rings. The van der Waals surface area contributed by atoms with Crippen molar-refractivity contribution in [2.24, 2.45) is 16.5 Å². The summed E-state index contributed by atoms with van der Waals surface area (Å²) >= 11 is 5.20. The lowest BCUT2D eigenvalue weighted by atomic mass is 10.1. The molecule has 0 aliphatic carbocycles. The average molecular weight is 453 g/mol. The highest BCUT2D eigenvalue weighted by molar-refractivity contribution is 9.10. The number of aromatic nitrogens is 1. The minimum Gasteiger partial charge on any atom is -0.370 e. The molecule has 4 N–H and O–H groups in total. The number of carbonyl (C=O) groups excluding carboxylic acids is 1. The first-order chi connectivity index (χ1) is 13.5. The summed E-state index contributed by atoms with van der Waals surface area (Å²) in [6.45, 7) is 0.0479. The molecule has 7 heteroatoms. The lowest BCUT2D eigenvalue weighted by Crippen LogP contribution is -2.25. The minimum atomic E-state index is -0.395. The molecule has 4 aromatic rings. The first kappa shape index (κ1) is 18.5. The van der Waals surface area contributed by atoms with Gasteiger partial charge in [0.25, 0.3) is 5.91 Å². The monoisotopic (exact) mass is 452 g/mol. The van der Waals surface area contributed by atoms with Gasteiger partial charge in [0.15, 0.2) is 5.96 Å². The molecular weight excluding hydrogens is 436 g/mol. The van der Waals surface area contributed by atoms with Crippen molar-refractivity contribution in [3.8, 4) is 22.5 Å². The van der Waals surface area contributed by atoms with Gasteiger partial charge in [-0.1, -0.05) is 46.3 Å². The molecule has 28 heavy (non-hydrogen) atoms. The Morgan fingerprint density at radius 2 is 1.82 bits per heavy atom. The van der Waals surface area contributed by atoms with Crippen LogP contribution in [0.5, 0.6) is 0 Å². The van der Waals surface area contributed by atoms with Gasteiger partial charge in [-0.2, -0.15) is 4.99 Å². The van der Waals surface area contributed by atoms with Crippen LogP contribution in [-0.4, -0.2) is 16.4 Å². The Kier molecular flexibility index (Phi) is 5.02. The zero-order valence-electron chi connectivity index (χ0n) is 14.8. The predicted molar refractivity (Wildman–Crippen MR) is 119 cm³/mol. The fraction of sp³-hybridized carbons (Fsp3) is 0.0476. The van der Waals surface area contributed by atoms with Gasteiger partial charge >= 0.3 is 0 Å². The van der Waals surface area contributed by atoms with Crippen LogP contribution in [0.3, 0.4) is 0 Å². The Balaban J connectivity index is 1.89. The molecule has 0 saturated carbocycles. The SMILES string of the molecule is NC(N)=NC(=O)Cn1c(-c2cccc(Br)c2)ccc1-c1csc2ccccc12. The maximum absolute atomic E-state index is 12.4. The van der Waals surface area contributed by atoms with Crippen molar-refractivity contribution < 1.29 is 4.79 Å². The molecule has 140 valence electrons. The molecule has 0 bridgehead atoms. The van der Waals surface area contributed by atoms with E-state index in [0.29, 0.717) is 0 Å². The van der Waals surface area contributed by atoms with Gasteiger partial charge in [-0.05, 0) is 35.9 Å². The maximum atomic E-state index is 12.4. The summed E-state index contributed by atoms with van der Waals surface area (Å²) in [6, 6.07) is 20.3. The van der Waals surface area contributed by atoms with E-state index in [9.17, 15) is 4.79 Å². The quantitative estimate of drug-likeness (QED) is 0.350. The van der Waals surface area contributed by atoms with Gasteiger partial charge < -0.3 is 16.0 Å². The number of nitrogens with zero attached hydrogens (tertiary/aromatic N) is 2. The Morgan fingerprint density at radius 1 is 1.04 bits per heavy atom. The second-order valence-electron chi connectivity index (χ2n) is 6.28. The number of fused-ring (bicyclic) bond motifs is 1. The third-order valence-corrected chi connectivity index (χ3v) is 5.86. The molecule has 2 heterocycles. The van der Waals surface area contributed by atoms with Crippen molar-refractivity contribution >= 4 is 49.2 Å². The van der Waals surface area contributed by atoms with Crippen LogP contribution < -0.4 is 11.5 Å². The topological polar surface area (TPSA) is 86.4 Å². The molecule has 0 atom stereocenters. The third kappa shape index (κ3) is 3.58. The van der Waals surface area contributed by atoms with Crippen LogP contribution in [-0.2, 0) is 11.3 Å². The van der Waals surface area contributed by atoms with Crippen LogP contribution in [0.2, 0.25) is 0 Å². The predicted octanol–water partition coefficient (Wildman–Crippen LogP) is 4.60. The summed E-state index contributed by atoms with van der Waals surface area (Å²) in [5.74, 6) is -0.628. The zero-order valence-corrected chi connectivity index (χ0v) is 17.2. The number of rotatable bonds is 4. The van der Waals surface area contributed by atoms with Crippen molar-refractivity contribution in [3.63, 3.8) is 0 Å². The highest BCUT2D eigenvalue weighted by Crippen LogP contribution is 2.37. The molecule has 0 spiro atoms. The molecule has 0 aliphatic heterocycles. The second kappa shape index (κ2) is 7.61. The third-order valence-electron chi connectivity index (χ3n) is 4.41. The first-order valence-electron chi connectivity index (χ1n) is 8.57. The zero-order chi connectivity index (χ0) is 19.7. The van der Waals surface area contributed by atoms with Gasteiger partial charge in [0.2, 0.25) is 0 Å². The number of amides is 1. The highest BCUT2D eigenvalue weighted by atomic mass is 79.9. The summed E-state index contributed by atoms with van der Waals surface area (Å²) in [5, 5.41) is 3.27. The van der Waals surface area contributed by atoms with Crippen molar-refractivity contribution in [2.45, 2.75) is 6.54 Å². The molecule has 1 amide bonds. The number of guanidine groups is 1. The first-order valence-corrected chi connectivity index (χ1v) is 10.2. The van der Waals surface area contributed by atoms with Crippen molar-refractivity contribution in [3.05, 3.63) is 70.5 Å². The van der Waals surface area contributed by atoms with Crippen molar-refractivity contribution in [1.82, 2.24) is 4.57 Å². The van der Waals surface area contributed by atoms with E-state index in [0.717, 1.165) is 32.4 Å². The molecule has 5 nitrogen and oxygen atoms in total. The summed E-state index contributed by atoms with van der Waals surface area (Å²) in [6.07, 6.45) is 0. The Hall–Kier alpha value is -2.90. The van der Waals surface area contributed by atoms with E-state index < -0.39 is 5.91 Å². The van der Waals surface area contributed by atoms with Gasteiger partial charge in [0, 0.05) is 31.2 Å². The van der Waals surface area contributed by atoms with E-state index in [1.54, 1.807) is 11.3 Å². The van der Waals surface area contributed by atoms with E-state index in [2.05, 4.69) is 38.4 Å². The van der Waals surface area contributed by atoms with Gasteiger partial charge in [-0.3, -0.25) is 4.79 Å². The van der Waals surface area contributed by atoms with E-state index in [1.807, 2.05) is 53.1 Å². The molecular formula is C21H17BrN4OS. The minimum absolute atomic E-state index is 0.0479. The van der Waals surface area contributed by atoms with Crippen LogP contribution in [0.25, 0.3) is 32.6 Å². The van der Waals surface area contributed by atoms with Crippen LogP contribution in [0.4, 0.5) is 0 Å². The molecule has 0 radical (unpaired) electrons.